The Morgan fingerprint density at radius 3 is 2.60 bits per heavy atom. The van der Waals surface area contributed by atoms with E-state index in [0.717, 1.165) is 12.1 Å². The van der Waals surface area contributed by atoms with E-state index in [-0.39, 0.29) is 46.6 Å². The molecule has 164 valence electrons. The summed E-state index contributed by atoms with van der Waals surface area (Å²) in [5, 5.41) is 5.81. The van der Waals surface area contributed by atoms with Crippen molar-refractivity contribution in [2.45, 2.75) is 32.4 Å². The van der Waals surface area contributed by atoms with Gasteiger partial charge in [-0.1, -0.05) is 24.6 Å². The first kappa shape index (κ1) is 25.6. The Morgan fingerprint density at radius 2 is 2.00 bits per heavy atom. The van der Waals surface area contributed by atoms with Gasteiger partial charge in [0.1, 0.15) is 11.6 Å². The van der Waals surface area contributed by atoms with Gasteiger partial charge >= 0.3 is 0 Å². The second kappa shape index (κ2) is 11.7. The molecule has 0 bridgehead atoms. The summed E-state index contributed by atoms with van der Waals surface area (Å²) in [4.78, 5) is 21.8. The Kier molecular flexibility index (Phi) is 9.98. The maximum atomic E-state index is 15.2. The standard InChI is InChI=1S/C20H22ClF2N3O3.ClH/c1-3-17(26-11(2)9-25-10-27)13-5-6-15(21)19(18(13)23)29-12-4-7-16(22)14(8-12)20(24)28;/h4-8,10-11,17,26H,3,9H2,1-2H3,(H2,24,28)(H,25,27);1H/t11-,17+;/m0./s1. The lowest BCUT2D eigenvalue weighted by Gasteiger charge is -2.24. The SMILES string of the molecule is CC[C@@H](N[C@@H](C)CNC=O)c1ccc(Cl)c(Oc2ccc(F)c(C(N)=O)c2)c1F.Cl. The molecule has 2 aromatic rings. The van der Waals surface area contributed by atoms with Crippen LogP contribution in [0.5, 0.6) is 11.5 Å². The van der Waals surface area contributed by atoms with Gasteiger partial charge in [0.25, 0.3) is 5.91 Å². The van der Waals surface area contributed by atoms with Crippen LogP contribution in [-0.2, 0) is 4.79 Å². The second-order valence-electron chi connectivity index (χ2n) is 6.44. The van der Waals surface area contributed by atoms with Crippen LogP contribution in [0, 0.1) is 11.6 Å². The molecule has 0 aliphatic rings. The van der Waals surface area contributed by atoms with Gasteiger partial charge in [0.15, 0.2) is 11.6 Å². The molecule has 0 heterocycles. The number of hydrogen-bond donors (Lipinski definition) is 3. The van der Waals surface area contributed by atoms with E-state index in [9.17, 15) is 14.0 Å². The average Bonchev–Trinajstić information content (AvgIpc) is 2.69. The van der Waals surface area contributed by atoms with Crippen LogP contribution in [0.3, 0.4) is 0 Å². The molecular weight excluding hydrogens is 439 g/mol. The molecule has 0 radical (unpaired) electrons. The van der Waals surface area contributed by atoms with E-state index >= 15 is 4.39 Å². The van der Waals surface area contributed by atoms with Crippen molar-refractivity contribution < 1.29 is 23.1 Å². The van der Waals surface area contributed by atoms with Crippen LogP contribution in [0.15, 0.2) is 30.3 Å². The molecular formula is C20H23Cl2F2N3O3. The van der Waals surface area contributed by atoms with E-state index in [1.165, 1.54) is 12.1 Å². The van der Waals surface area contributed by atoms with Crippen molar-refractivity contribution in [2.75, 3.05) is 6.54 Å². The molecule has 0 aromatic heterocycles. The van der Waals surface area contributed by atoms with E-state index < -0.39 is 17.5 Å². The number of benzene rings is 2. The number of amides is 2. The molecule has 0 saturated heterocycles. The fourth-order valence-electron chi connectivity index (χ4n) is 2.84. The van der Waals surface area contributed by atoms with Crippen LogP contribution in [-0.4, -0.2) is 24.9 Å². The average molecular weight is 462 g/mol. The van der Waals surface area contributed by atoms with Gasteiger partial charge in [0, 0.05) is 24.2 Å². The predicted octanol–water partition coefficient (Wildman–Crippen LogP) is 4.11. The van der Waals surface area contributed by atoms with Crippen LogP contribution in [0.1, 0.15) is 42.2 Å². The van der Waals surface area contributed by atoms with Crippen molar-refractivity contribution in [1.29, 1.82) is 0 Å². The Hall–Kier alpha value is -2.42. The van der Waals surface area contributed by atoms with E-state index in [4.69, 9.17) is 22.1 Å². The quantitative estimate of drug-likeness (QED) is 0.464. The predicted molar refractivity (Wildman–Crippen MR) is 113 cm³/mol. The van der Waals surface area contributed by atoms with E-state index in [0.29, 0.717) is 24.9 Å². The lowest BCUT2D eigenvalue weighted by Crippen LogP contribution is -2.38. The molecule has 0 spiro atoms. The Labute approximate surface area is 184 Å². The maximum Gasteiger partial charge on any atom is 0.251 e. The van der Waals surface area contributed by atoms with Crippen molar-refractivity contribution in [1.82, 2.24) is 10.6 Å². The topological polar surface area (TPSA) is 93.4 Å². The highest BCUT2D eigenvalue weighted by molar-refractivity contribution is 6.32. The smallest absolute Gasteiger partial charge is 0.251 e. The van der Waals surface area contributed by atoms with Gasteiger partial charge in [-0.25, -0.2) is 8.78 Å². The van der Waals surface area contributed by atoms with Gasteiger partial charge in [-0.2, -0.15) is 0 Å². The number of rotatable bonds is 10. The second-order valence-corrected chi connectivity index (χ2v) is 6.85. The van der Waals surface area contributed by atoms with E-state index in [2.05, 4.69) is 10.6 Å². The molecule has 0 aliphatic carbocycles. The zero-order valence-electron chi connectivity index (χ0n) is 16.4. The van der Waals surface area contributed by atoms with Gasteiger partial charge in [-0.05, 0) is 37.6 Å². The third-order valence-electron chi connectivity index (χ3n) is 4.28. The fraction of sp³-hybridized carbons (Fsp3) is 0.300. The Balaban J connectivity index is 0.00000450. The van der Waals surface area contributed by atoms with Crippen LogP contribution in [0.2, 0.25) is 5.02 Å². The summed E-state index contributed by atoms with van der Waals surface area (Å²) in [5.41, 5.74) is 5.08. The molecule has 10 heteroatoms. The number of ether oxygens (including phenoxy) is 1. The summed E-state index contributed by atoms with van der Waals surface area (Å²) in [7, 11) is 0. The maximum absolute atomic E-state index is 15.2. The molecule has 2 rings (SSSR count). The molecule has 0 unspecified atom stereocenters. The Bertz CT molecular complexity index is 900. The van der Waals surface area contributed by atoms with Crippen molar-refractivity contribution in [3.05, 3.63) is 58.1 Å². The summed E-state index contributed by atoms with van der Waals surface area (Å²) >= 11 is 6.11. The van der Waals surface area contributed by atoms with Crippen molar-refractivity contribution in [3.63, 3.8) is 0 Å². The zero-order chi connectivity index (χ0) is 21.6. The fourth-order valence-corrected chi connectivity index (χ4v) is 3.02. The molecule has 30 heavy (non-hydrogen) atoms. The minimum atomic E-state index is -0.971. The highest BCUT2D eigenvalue weighted by Crippen LogP contribution is 2.37. The minimum Gasteiger partial charge on any atom is -0.453 e. The molecule has 0 aliphatic heterocycles. The number of primary amides is 1. The lowest BCUT2D eigenvalue weighted by atomic mass is 10.0. The summed E-state index contributed by atoms with van der Waals surface area (Å²) < 4.78 is 34.4. The van der Waals surface area contributed by atoms with Gasteiger partial charge in [-0.15, -0.1) is 12.4 Å². The summed E-state index contributed by atoms with van der Waals surface area (Å²) in [5.74, 6) is -2.69. The summed E-state index contributed by atoms with van der Waals surface area (Å²) in [6.45, 7) is 4.11. The third kappa shape index (κ3) is 6.29. The number of carbonyl (C=O) groups excluding carboxylic acids is 2. The first-order valence-electron chi connectivity index (χ1n) is 8.96. The highest BCUT2D eigenvalue weighted by atomic mass is 35.5. The number of hydrogen-bond acceptors (Lipinski definition) is 4. The molecule has 6 nitrogen and oxygen atoms in total. The van der Waals surface area contributed by atoms with E-state index in [1.807, 2.05) is 13.8 Å². The number of nitrogens with two attached hydrogens (primary N) is 1. The lowest BCUT2D eigenvalue weighted by molar-refractivity contribution is -0.109. The van der Waals surface area contributed by atoms with Gasteiger partial charge in [0.2, 0.25) is 6.41 Å². The molecule has 2 atom stereocenters. The van der Waals surface area contributed by atoms with Crippen molar-refractivity contribution >= 4 is 36.3 Å². The molecule has 2 aromatic carbocycles. The monoisotopic (exact) mass is 461 g/mol. The largest absolute Gasteiger partial charge is 0.453 e. The summed E-state index contributed by atoms with van der Waals surface area (Å²) in [6, 6.07) is 5.89. The van der Waals surface area contributed by atoms with Gasteiger partial charge in [-0.3, -0.25) is 9.59 Å². The molecule has 2 amide bonds. The number of halogens is 4. The van der Waals surface area contributed by atoms with Crippen LogP contribution < -0.4 is 21.1 Å². The van der Waals surface area contributed by atoms with Gasteiger partial charge < -0.3 is 21.1 Å². The minimum absolute atomic E-state index is 0. The van der Waals surface area contributed by atoms with E-state index in [1.54, 1.807) is 6.07 Å². The number of carbonyl (C=O) groups is 2. The first-order valence-corrected chi connectivity index (χ1v) is 9.34. The zero-order valence-corrected chi connectivity index (χ0v) is 17.9. The highest BCUT2D eigenvalue weighted by Gasteiger charge is 2.22. The van der Waals surface area contributed by atoms with Crippen LogP contribution in [0.25, 0.3) is 0 Å². The molecule has 0 saturated carbocycles. The normalized spacial score (nSPS) is 12.4. The van der Waals surface area contributed by atoms with Crippen molar-refractivity contribution in [2.24, 2.45) is 5.73 Å². The molecule has 0 fully saturated rings. The third-order valence-corrected chi connectivity index (χ3v) is 4.58. The summed E-state index contributed by atoms with van der Waals surface area (Å²) in [6.07, 6.45) is 1.16. The van der Waals surface area contributed by atoms with Crippen molar-refractivity contribution in [3.8, 4) is 11.5 Å². The molecule has 4 N–H and O–H groups in total. The number of nitrogens with one attached hydrogen (secondary N) is 2. The van der Waals surface area contributed by atoms with Crippen LogP contribution >= 0.6 is 24.0 Å². The first-order chi connectivity index (χ1) is 13.8. The van der Waals surface area contributed by atoms with Crippen LogP contribution in [0.4, 0.5) is 8.78 Å². The Morgan fingerprint density at radius 1 is 1.30 bits per heavy atom. The van der Waals surface area contributed by atoms with Gasteiger partial charge in [0.05, 0.1) is 10.6 Å².